The van der Waals surface area contributed by atoms with Gasteiger partial charge in [0.2, 0.25) is 35.7 Å². The molecule has 0 saturated heterocycles. The monoisotopic (exact) mass is 733 g/mol. The summed E-state index contributed by atoms with van der Waals surface area (Å²) in [5.41, 5.74) is 14.3. The van der Waals surface area contributed by atoms with Gasteiger partial charge in [0.05, 0.1) is 11.6 Å². The number of aryl methyl sites for hydroxylation is 9. The van der Waals surface area contributed by atoms with Crippen LogP contribution in [0.3, 0.4) is 0 Å². The Morgan fingerprint density at radius 2 is 0.709 bits per heavy atom. The van der Waals surface area contributed by atoms with Gasteiger partial charge >= 0.3 is 0 Å². The van der Waals surface area contributed by atoms with Crippen LogP contribution in [0.25, 0.3) is 0 Å². The molecule has 13 nitrogen and oxygen atoms in total. The number of nitrogens with zero attached hydrogens (tertiary/aromatic N) is 7. The lowest BCUT2D eigenvalue weighted by molar-refractivity contribution is 0.970. The van der Waals surface area contributed by atoms with E-state index in [2.05, 4.69) is 147 Å². The van der Waals surface area contributed by atoms with E-state index in [0.29, 0.717) is 54.3 Å². The highest BCUT2D eigenvalue weighted by molar-refractivity contribution is 5.68. The lowest BCUT2D eigenvalue weighted by Gasteiger charge is -2.17. The van der Waals surface area contributed by atoms with Gasteiger partial charge in [-0.2, -0.15) is 35.2 Å². The molecule has 280 valence electrons. The van der Waals surface area contributed by atoms with Crippen LogP contribution in [-0.2, 0) is 0 Å². The van der Waals surface area contributed by atoms with E-state index in [1.807, 2.05) is 12.1 Å². The van der Waals surface area contributed by atoms with Crippen molar-refractivity contribution in [2.75, 3.05) is 45.0 Å². The van der Waals surface area contributed by atoms with Gasteiger partial charge in [-0.1, -0.05) is 53.1 Å². The fraction of sp³-hybridized carbons (Fsp3) is 0.262. The fourth-order valence-corrected chi connectivity index (χ4v) is 6.71. The molecule has 0 amide bonds. The van der Waals surface area contributed by atoms with Crippen LogP contribution in [0.2, 0.25) is 0 Å². The molecule has 0 atom stereocenters. The molecule has 6 aromatic rings. The van der Waals surface area contributed by atoms with Crippen LogP contribution in [-0.4, -0.2) is 43.0 Å². The van der Waals surface area contributed by atoms with Crippen LogP contribution in [0.5, 0.6) is 0 Å². The molecular weight excluding hydrogens is 687 g/mol. The van der Waals surface area contributed by atoms with Crippen molar-refractivity contribution in [2.45, 2.75) is 62.3 Å². The van der Waals surface area contributed by atoms with E-state index in [1.54, 1.807) is 12.1 Å². The van der Waals surface area contributed by atoms with E-state index in [-0.39, 0.29) is 0 Å². The van der Waals surface area contributed by atoms with Crippen molar-refractivity contribution in [3.05, 3.63) is 116 Å². The predicted octanol–water partition coefficient (Wildman–Crippen LogP) is 9.20. The summed E-state index contributed by atoms with van der Waals surface area (Å²) in [6, 6.07) is 22.0. The summed E-state index contributed by atoms with van der Waals surface area (Å²) in [5.74, 6) is 2.32. The number of nitriles is 1. The van der Waals surface area contributed by atoms with Gasteiger partial charge in [0.15, 0.2) is 0 Å². The first kappa shape index (κ1) is 37.9. The Labute approximate surface area is 322 Å². The van der Waals surface area contributed by atoms with E-state index >= 15 is 0 Å². The molecule has 0 aliphatic rings. The summed E-state index contributed by atoms with van der Waals surface area (Å²) in [7, 11) is 0. The molecule has 2 aromatic heterocycles. The Bertz CT molecular complexity index is 2250. The summed E-state index contributed by atoms with van der Waals surface area (Å²) in [4.78, 5) is 28.3. The number of rotatable bonds is 13. The molecule has 0 radical (unpaired) electrons. The van der Waals surface area contributed by atoms with E-state index in [0.717, 1.165) is 56.1 Å². The number of hydrogen-bond donors (Lipinski definition) is 6. The van der Waals surface area contributed by atoms with Crippen LogP contribution in [0.4, 0.5) is 58.4 Å². The third-order valence-electron chi connectivity index (χ3n) is 8.97. The Hall–Kier alpha value is -6.81. The summed E-state index contributed by atoms with van der Waals surface area (Å²) in [5, 5.41) is 29.4. The molecule has 6 N–H and O–H groups in total. The van der Waals surface area contributed by atoms with Crippen molar-refractivity contribution in [2.24, 2.45) is 0 Å². The minimum atomic E-state index is 0.340. The SMILES string of the molecule is Cc1cc(C)c(Nc2nc(NCCNc3nc(Nc4c(C)cc(C)cc4C)nc(Nc4c(C)cc(C)cc4C)n3)nc(Nc3ccc(C#N)cc3)n2)c(C)c1. The number of anilines is 10. The van der Waals surface area contributed by atoms with Crippen LogP contribution in [0.1, 0.15) is 55.6 Å². The maximum atomic E-state index is 9.23. The molecule has 13 heteroatoms. The van der Waals surface area contributed by atoms with Crippen molar-refractivity contribution >= 4 is 58.4 Å². The van der Waals surface area contributed by atoms with Crippen molar-refractivity contribution < 1.29 is 0 Å². The van der Waals surface area contributed by atoms with E-state index in [4.69, 9.17) is 19.9 Å². The lowest BCUT2D eigenvalue weighted by atomic mass is 10.1. The van der Waals surface area contributed by atoms with Crippen LogP contribution in [0, 0.1) is 73.6 Å². The second-order valence-corrected chi connectivity index (χ2v) is 14.0. The minimum Gasteiger partial charge on any atom is -0.352 e. The Kier molecular flexibility index (Phi) is 11.4. The summed E-state index contributed by atoms with van der Waals surface area (Å²) < 4.78 is 0. The van der Waals surface area contributed by atoms with Crippen LogP contribution >= 0.6 is 0 Å². The summed E-state index contributed by atoms with van der Waals surface area (Å²) in [6.45, 7) is 19.5. The molecule has 4 aromatic carbocycles. The predicted molar refractivity (Wildman–Crippen MR) is 223 cm³/mol. The first-order valence-electron chi connectivity index (χ1n) is 18.1. The zero-order valence-electron chi connectivity index (χ0n) is 32.8. The summed E-state index contributed by atoms with van der Waals surface area (Å²) >= 11 is 0. The highest BCUT2D eigenvalue weighted by Crippen LogP contribution is 2.29. The smallest absolute Gasteiger partial charge is 0.233 e. The molecule has 0 saturated carbocycles. The van der Waals surface area contributed by atoms with Gasteiger partial charge in [0, 0.05) is 35.8 Å². The van der Waals surface area contributed by atoms with Crippen molar-refractivity contribution in [1.82, 2.24) is 29.9 Å². The lowest BCUT2D eigenvalue weighted by Crippen LogP contribution is -2.18. The van der Waals surface area contributed by atoms with Gasteiger partial charge < -0.3 is 31.9 Å². The second kappa shape index (κ2) is 16.5. The largest absolute Gasteiger partial charge is 0.352 e. The third-order valence-corrected chi connectivity index (χ3v) is 8.97. The second-order valence-electron chi connectivity index (χ2n) is 14.0. The average Bonchev–Trinajstić information content (AvgIpc) is 3.11. The van der Waals surface area contributed by atoms with Crippen LogP contribution < -0.4 is 31.9 Å². The first-order chi connectivity index (χ1) is 26.3. The molecule has 6 rings (SSSR count). The highest BCUT2D eigenvalue weighted by atomic mass is 15.3. The molecule has 0 aliphatic heterocycles. The highest BCUT2D eigenvalue weighted by Gasteiger charge is 2.14. The quantitative estimate of drug-likeness (QED) is 0.0621. The Morgan fingerprint density at radius 1 is 0.418 bits per heavy atom. The molecule has 0 aliphatic carbocycles. The fourth-order valence-electron chi connectivity index (χ4n) is 6.71. The molecule has 0 unspecified atom stereocenters. The standard InChI is InChI=1S/C42H47N13/c1-23-16-26(4)34(27(5)17-23)47-40-51-37(50-39(54-40)46-33-12-10-32(22-43)11-13-33)44-14-15-45-38-52-41(48-35-28(6)18-24(2)19-29(35)7)55-42(53-38)49-36-30(8)20-25(3)21-31(36)9/h10-13,16-21H,14-15H2,1-9H3,(H3,44,46,47,50,51,54)(H3,45,48,49,52,53,55). The summed E-state index contributed by atoms with van der Waals surface area (Å²) in [6.07, 6.45) is 0. The van der Waals surface area contributed by atoms with E-state index in [9.17, 15) is 5.26 Å². The van der Waals surface area contributed by atoms with E-state index in [1.165, 1.54) is 16.7 Å². The van der Waals surface area contributed by atoms with Crippen LogP contribution in [0.15, 0.2) is 60.7 Å². The minimum absolute atomic E-state index is 0.340. The topological polar surface area (TPSA) is 173 Å². The van der Waals surface area contributed by atoms with Crippen molar-refractivity contribution in [3.8, 4) is 6.07 Å². The van der Waals surface area contributed by atoms with Gasteiger partial charge in [-0.15, -0.1) is 0 Å². The molecule has 0 fully saturated rings. The van der Waals surface area contributed by atoms with Crippen molar-refractivity contribution in [3.63, 3.8) is 0 Å². The van der Waals surface area contributed by atoms with Gasteiger partial charge in [-0.3, -0.25) is 0 Å². The molecule has 2 heterocycles. The normalized spacial score (nSPS) is 10.8. The van der Waals surface area contributed by atoms with Gasteiger partial charge in [0.1, 0.15) is 0 Å². The third kappa shape index (κ3) is 9.60. The maximum Gasteiger partial charge on any atom is 0.233 e. The number of aromatic nitrogens is 6. The number of benzene rings is 4. The zero-order chi connectivity index (χ0) is 39.2. The molecular formula is C42H47N13. The number of hydrogen-bond acceptors (Lipinski definition) is 13. The van der Waals surface area contributed by atoms with E-state index < -0.39 is 0 Å². The van der Waals surface area contributed by atoms with Gasteiger partial charge in [0.25, 0.3) is 0 Å². The average molecular weight is 734 g/mol. The molecule has 0 spiro atoms. The molecule has 55 heavy (non-hydrogen) atoms. The first-order valence-corrected chi connectivity index (χ1v) is 18.1. The molecule has 0 bridgehead atoms. The Morgan fingerprint density at radius 3 is 1.02 bits per heavy atom. The number of nitrogens with one attached hydrogen (secondary N) is 6. The van der Waals surface area contributed by atoms with Gasteiger partial charge in [-0.25, -0.2) is 0 Å². The zero-order valence-corrected chi connectivity index (χ0v) is 32.8. The maximum absolute atomic E-state index is 9.23. The van der Waals surface area contributed by atoms with Crippen molar-refractivity contribution in [1.29, 1.82) is 5.26 Å². The Balaban J connectivity index is 1.23. The van der Waals surface area contributed by atoms with Gasteiger partial charge in [-0.05, 0) is 120 Å².